The van der Waals surface area contributed by atoms with Crippen molar-refractivity contribution in [1.29, 1.82) is 0 Å². The van der Waals surface area contributed by atoms with E-state index in [4.69, 9.17) is 0 Å². The summed E-state index contributed by atoms with van der Waals surface area (Å²) >= 11 is 1.88. The second kappa shape index (κ2) is 3.39. The molecule has 2 aromatic rings. The summed E-state index contributed by atoms with van der Waals surface area (Å²) in [6, 6.07) is 4.52. The fraction of sp³-hybridized carbons (Fsp3) is 0.385. The van der Waals surface area contributed by atoms with Crippen LogP contribution >= 0.6 is 11.3 Å². The zero-order chi connectivity index (χ0) is 10.3. The molecule has 0 unspecified atom stereocenters. The van der Waals surface area contributed by atoms with Gasteiger partial charge < -0.3 is 0 Å². The summed E-state index contributed by atoms with van der Waals surface area (Å²) < 4.78 is 1.48. The summed E-state index contributed by atoms with van der Waals surface area (Å²) in [6.45, 7) is 8.93. The summed E-state index contributed by atoms with van der Waals surface area (Å²) in [7, 11) is 0. The van der Waals surface area contributed by atoms with E-state index in [0.717, 1.165) is 0 Å². The smallest absolute Gasteiger partial charge is 0.0382 e. The van der Waals surface area contributed by atoms with Crippen molar-refractivity contribution in [3.63, 3.8) is 0 Å². The summed E-state index contributed by atoms with van der Waals surface area (Å²) in [5, 5.41) is 3.74. The number of aryl methyl sites for hydroxylation is 2. The van der Waals surface area contributed by atoms with E-state index in [-0.39, 0.29) is 0 Å². The van der Waals surface area contributed by atoms with Crippen LogP contribution in [-0.4, -0.2) is 0 Å². The Morgan fingerprint density at radius 1 is 1.07 bits per heavy atom. The molecule has 1 heterocycles. The molecule has 1 heteroatoms. The van der Waals surface area contributed by atoms with Crippen LogP contribution < -0.4 is 0 Å². The summed E-state index contributed by atoms with van der Waals surface area (Å²) in [4.78, 5) is 0. The van der Waals surface area contributed by atoms with Gasteiger partial charge in [0.2, 0.25) is 0 Å². The van der Waals surface area contributed by atoms with Crippen molar-refractivity contribution < 1.29 is 0 Å². The Bertz CT molecular complexity index is 463. The molecule has 14 heavy (non-hydrogen) atoms. The predicted molar refractivity (Wildman–Crippen MR) is 65.4 cm³/mol. The lowest BCUT2D eigenvalue weighted by atomic mass is 9.98. The Morgan fingerprint density at radius 3 is 2.43 bits per heavy atom. The van der Waals surface area contributed by atoms with E-state index >= 15 is 0 Å². The fourth-order valence-electron chi connectivity index (χ4n) is 1.98. The molecule has 0 nitrogen and oxygen atoms in total. The first-order valence-electron chi connectivity index (χ1n) is 5.08. The van der Waals surface area contributed by atoms with E-state index in [2.05, 4.69) is 45.2 Å². The maximum atomic E-state index is 2.28. The molecule has 0 aliphatic heterocycles. The van der Waals surface area contributed by atoms with Crippen molar-refractivity contribution in [2.24, 2.45) is 0 Å². The van der Waals surface area contributed by atoms with Gasteiger partial charge in [-0.2, -0.15) is 0 Å². The topological polar surface area (TPSA) is 0 Å². The molecule has 0 radical (unpaired) electrons. The van der Waals surface area contributed by atoms with Crippen molar-refractivity contribution in [1.82, 2.24) is 0 Å². The molecular formula is C13H16S. The standard InChI is InChI=1S/C13H16S/c1-8(2)11-6-5-9(3)12-10(4)7-14-13(11)12/h5-8H,1-4H3. The van der Waals surface area contributed by atoms with E-state index in [9.17, 15) is 0 Å². The third-order valence-electron chi connectivity index (χ3n) is 2.77. The van der Waals surface area contributed by atoms with Crippen LogP contribution in [0.25, 0.3) is 10.1 Å². The number of benzene rings is 1. The number of fused-ring (bicyclic) bond motifs is 1. The van der Waals surface area contributed by atoms with Gasteiger partial charge in [-0.3, -0.25) is 0 Å². The highest BCUT2D eigenvalue weighted by atomic mass is 32.1. The molecular weight excluding hydrogens is 188 g/mol. The van der Waals surface area contributed by atoms with Gasteiger partial charge in [0.1, 0.15) is 0 Å². The van der Waals surface area contributed by atoms with E-state index in [1.165, 1.54) is 26.8 Å². The first-order valence-corrected chi connectivity index (χ1v) is 5.96. The molecule has 0 aliphatic rings. The number of thiophene rings is 1. The third kappa shape index (κ3) is 1.36. The zero-order valence-corrected chi connectivity index (χ0v) is 10.0. The van der Waals surface area contributed by atoms with E-state index in [1.54, 1.807) is 0 Å². The highest BCUT2D eigenvalue weighted by Gasteiger charge is 2.10. The predicted octanol–water partition coefficient (Wildman–Crippen LogP) is 4.64. The lowest BCUT2D eigenvalue weighted by Gasteiger charge is -2.08. The number of rotatable bonds is 1. The molecule has 1 aromatic carbocycles. The molecule has 1 aromatic heterocycles. The van der Waals surface area contributed by atoms with Gasteiger partial charge in [-0.05, 0) is 47.2 Å². The molecule has 0 fully saturated rings. The molecule has 0 saturated carbocycles. The normalized spacial score (nSPS) is 11.5. The van der Waals surface area contributed by atoms with Gasteiger partial charge in [0.25, 0.3) is 0 Å². The number of hydrogen-bond donors (Lipinski definition) is 0. The van der Waals surface area contributed by atoms with Gasteiger partial charge in [0, 0.05) is 4.70 Å². The largest absolute Gasteiger partial charge is 0.143 e. The molecule has 74 valence electrons. The highest BCUT2D eigenvalue weighted by molar-refractivity contribution is 7.17. The van der Waals surface area contributed by atoms with Crippen molar-refractivity contribution >= 4 is 21.4 Å². The molecule has 0 aliphatic carbocycles. The van der Waals surface area contributed by atoms with E-state index in [0.29, 0.717) is 5.92 Å². The Balaban J connectivity index is 2.83. The van der Waals surface area contributed by atoms with Gasteiger partial charge in [-0.25, -0.2) is 0 Å². The second-order valence-corrected chi connectivity index (χ2v) is 5.13. The summed E-state index contributed by atoms with van der Waals surface area (Å²) in [5.41, 5.74) is 4.32. The summed E-state index contributed by atoms with van der Waals surface area (Å²) in [6.07, 6.45) is 0. The van der Waals surface area contributed by atoms with Crippen molar-refractivity contribution in [2.45, 2.75) is 33.6 Å². The van der Waals surface area contributed by atoms with Crippen LogP contribution in [0.1, 0.15) is 36.5 Å². The molecule has 0 bridgehead atoms. The van der Waals surface area contributed by atoms with Crippen LogP contribution in [0.5, 0.6) is 0 Å². The zero-order valence-electron chi connectivity index (χ0n) is 9.22. The average molecular weight is 204 g/mol. The maximum Gasteiger partial charge on any atom is 0.0382 e. The monoisotopic (exact) mass is 204 g/mol. The lowest BCUT2D eigenvalue weighted by Crippen LogP contribution is -1.88. The lowest BCUT2D eigenvalue weighted by molar-refractivity contribution is 0.877. The number of hydrogen-bond acceptors (Lipinski definition) is 1. The molecule has 0 amide bonds. The molecule has 0 saturated heterocycles. The van der Waals surface area contributed by atoms with Crippen LogP contribution in [0.2, 0.25) is 0 Å². The Morgan fingerprint density at radius 2 is 1.79 bits per heavy atom. The maximum absolute atomic E-state index is 2.28. The Kier molecular flexibility index (Phi) is 2.36. The Labute approximate surface area is 89.6 Å². The second-order valence-electron chi connectivity index (χ2n) is 4.25. The van der Waals surface area contributed by atoms with E-state index in [1.807, 2.05) is 11.3 Å². The molecule has 0 spiro atoms. The van der Waals surface area contributed by atoms with Crippen molar-refractivity contribution in [2.75, 3.05) is 0 Å². The molecule has 0 N–H and O–H groups in total. The molecule has 0 atom stereocenters. The van der Waals surface area contributed by atoms with Gasteiger partial charge >= 0.3 is 0 Å². The summed E-state index contributed by atoms with van der Waals surface area (Å²) in [5.74, 6) is 0.621. The van der Waals surface area contributed by atoms with Crippen LogP contribution in [0, 0.1) is 13.8 Å². The third-order valence-corrected chi connectivity index (χ3v) is 3.91. The van der Waals surface area contributed by atoms with E-state index < -0.39 is 0 Å². The minimum absolute atomic E-state index is 0.621. The van der Waals surface area contributed by atoms with Crippen LogP contribution in [0.15, 0.2) is 17.5 Å². The Hall–Kier alpha value is -0.820. The van der Waals surface area contributed by atoms with Crippen LogP contribution in [-0.2, 0) is 0 Å². The molecule has 2 rings (SSSR count). The van der Waals surface area contributed by atoms with Crippen LogP contribution in [0.3, 0.4) is 0 Å². The van der Waals surface area contributed by atoms with Gasteiger partial charge in [0.15, 0.2) is 0 Å². The van der Waals surface area contributed by atoms with Crippen LogP contribution in [0.4, 0.5) is 0 Å². The minimum atomic E-state index is 0.621. The van der Waals surface area contributed by atoms with Crippen molar-refractivity contribution in [3.05, 3.63) is 34.2 Å². The first kappa shape index (κ1) is 9.72. The SMILES string of the molecule is Cc1ccc(C(C)C)c2scc(C)c12. The van der Waals surface area contributed by atoms with Gasteiger partial charge in [-0.1, -0.05) is 26.0 Å². The van der Waals surface area contributed by atoms with Crippen molar-refractivity contribution in [3.8, 4) is 0 Å². The minimum Gasteiger partial charge on any atom is -0.143 e. The average Bonchev–Trinajstić information content (AvgIpc) is 2.49. The van der Waals surface area contributed by atoms with Gasteiger partial charge in [-0.15, -0.1) is 11.3 Å². The highest BCUT2D eigenvalue weighted by Crippen LogP contribution is 2.34. The van der Waals surface area contributed by atoms with Gasteiger partial charge in [0.05, 0.1) is 0 Å². The quantitative estimate of drug-likeness (QED) is 0.634. The fourth-order valence-corrected chi connectivity index (χ4v) is 3.27. The first-order chi connectivity index (χ1) is 6.61.